The van der Waals surface area contributed by atoms with Crippen molar-refractivity contribution >= 4 is 40.6 Å². The van der Waals surface area contributed by atoms with Crippen molar-refractivity contribution in [2.75, 3.05) is 18.8 Å². The zero-order chi connectivity index (χ0) is 30.9. The Balaban J connectivity index is 1.34. The fraction of sp³-hybridized carbons (Fsp3) is 0.281. The largest absolute Gasteiger partial charge is 0.417 e. The van der Waals surface area contributed by atoms with Crippen molar-refractivity contribution in [3.8, 4) is 10.4 Å². The second kappa shape index (κ2) is 12.2. The van der Waals surface area contributed by atoms with Crippen LogP contribution in [0.25, 0.3) is 22.1 Å². The van der Waals surface area contributed by atoms with Crippen molar-refractivity contribution in [1.29, 1.82) is 0 Å². The van der Waals surface area contributed by atoms with E-state index in [9.17, 15) is 27.2 Å². The van der Waals surface area contributed by atoms with Gasteiger partial charge in [-0.3, -0.25) is 9.59 Å². The number of likely N-dealkylation sites (tertiary alicyclic amines) is 1. The summed E-state index contributed by atoms with van der Waals surface area (Å²) in [5.74, 6) is -0.197. The molecule has 2 aliphatic rings. The molecule has 1 aliphatic heterocycles. The number of halogens is 4. The fourth-order valence-electron chi connectivity index (χ4n) is 5.02. The number of amides is 2. The third kappa shape index (κ3) is 6.72. The van der Waals surface area contributed by atoms with Gasteiger partial charge in [-0.2, -0.15) is 13.2 Å². The van der Waals surface area contributed by atoms with Gasteiger partial charge in [-0.05, 0) is 78.8 Å². The predicted octanol–water partition coefficient (Wildman–Crippen LogP) is 6.64. The van der Waals surface area contributed by atoms with Crippen molar-refractivity contribution in [2.45, 2.75) is 45.6 Å². The van der Waals surface area contributed by atoms with E-state index in [1.54, 1.807) is 49.5 Å². The highest BCUT2D eigenvalue weighted by molar-refractivity contribution is 7.16. The minimum absolute atomic E-state index is 0.0801. The average Bonchev–Trinajstić information content (AvgIpc) is 3.25. The number of nitrogens with two attached hydrogens (primary N) is 1. The number of nitrogens with one attached hydrogen (secondary N) is 1. The molecule has 3 N–H and O–H groups in total. The highest BCUT2D eigenvalue weighted by atomic mass is 32.1. The molecular formula is C32H30F4N4O2S. The average molecular weight is 611 g/mol. The Morgan fingerprint density at radius 2 is 1.88 bits per heavy atom. The molecular weight excluding hydrogens is 580 g/mol. The summed E-state index contributed by atoms with van der Waals surface area (Å²) in [6.45, 7) is 3.95. The van der Waals surface area contributed by atoms with Gasteiger partial charge in [0.2, 0.25) is 11.8 Å². The zero-order valence-corrected chi connectivity index (χ0v) is 24.4. The highest BCUT2D eigenvalue weighted by Gasteiger charge is 2.36. The lowest BCUT2D eigenvalue weighted by atomic mass is 9.90. The molecule has 0 saturated carbocycles. The Hall–Kier alpha value is -4.25. The third-order valence-corrected chi connectivity index (χ3v) is 9.12. The molecule has 224 valence electrons. The number of hydrogen-bond acceptors (Lipinski definition) is 5. The van der Waals surface area contributed by atoms with Gasteiger partial charge in [0, 0.05) is 33.2 Å². The Morgan fingerprint density at radius 1 is 1.12 bits per heavy atom. The number of aromatic nitrogens is 1. The number of nitrogens with zero attached hydrogens (tertiary/aromatic N) is 2. The van der Waals surface area contributed by atoms with E-state index in [0.29, 0.717) is 45.8 Å². The van der Waals surface area contributed by atoms with Crippen molar-refractivity contribution in [3.05, 3.63) is 93.0 Å². The van der Waals surface area contributed by atoms with E-state index in [4.69, 9.17) is 5.73 Å². The number of benzene rings is 1. The first-order chi connectivity index (χ1) is 20.4. The zero-order valence-electron chi connectivity index (χ0n) is 23.6. The van der Waals surface area contributed by atoms with Crippen molar-refractivity contribution in [1.82, 2.24) is 15.2 Å². The number of carbonyl (C=O) groups is 2. The Kier molecular flexibility index (Phi) is 8.55. The number of rotatable bonds is 7. The Morgan fingerprint density at radius 3 is 2.51 bits per heavy atom. The first-order valence-electron chi connectivity index (χ1n) is 13.7. The number of pyridine rings is 1. The van der Waals surface area contributed by atoms with Crippen LogP contribution in [0.3, 0.4) is 0 Å². The first-order valence-corrected chi connectivity index (χ1v) is 14.5. The Bertz CT molecular complexity index is 1650. The van der Waals surface area contributed by atoms with E-state index in [0.717, 1.165) is 22.1 Å². The Labute approximate surface area is 250 Å². The summed E-state index contributed by atoms with van der Waals surface area (Å²) in [4.78, 5) is 31.5. The second-order valence-corrected chi connectivity index (χ2v) is 11.7. The van der Waals surface area contributed by atoms with E-state index < -0.39 is 17.9 Å². The van der Waals surface area contributed by atoms with Gasteiger partial charge in [0.25, 0.3) is 0 Å². The molecule has 3 heterocycles. The van der Waals surface area contributed by atoms with E-state index in [2.05, 4.69) is 10.3 Å². The second-order valence-electron chi connectivity index (χ2n) is 10.6. The number of hydrogen-bond donors (Lipinski definition) is 2. The molecule has 1 saturated heterocycles. The SMILES string of the molecule is Cc1c(CNC(=O)/C=C/c2ccc(N)nc2)sc(-c2ccc(C3=CC=C(C(=O)N4CC(F)C4)CC3)cc2C(F)(F)F)c1C. The van der Waals surface area contributed by atoms with E-state index in [1.807, 2.05) is 6.92 Å². The third-order valence-electron chi connectivity index (χ3n) is 7.69. The maximum absolute atomic E-state index is 14.4. The summed E-state index contributed by atoms with van der Waals surface area (Å²) in [7, 11) is 0. The molecule has 0 spiro atoms. The van der Waals surface area contributed by atoms with Crippen LogP contribution in [0.1, 0.15) is 45.5 Å². The van der Waals surface area contributed by atoms with Crippen LogP contribution in [0.4, 0.5) is 23.4 Å². The fourth-order valence-corrected chi connectivity index (χ4v) is 6.31. The molecule has 1 fully saturated rings. The lowest BCUT2D eigenvalue weighted by molar-refractivity contribution is -0.137. The molecule has 3 aromatic rings. The first kappa shape index (κ1) is 30.2. The molecule has 2 aromatic heterocycles. The van der Waals surface area contributed by atoms with Crippen LogP contribution in [-0.2, 0) is 22.3 Å². The highest BCUT2D eigenvalue weighted by Crippen LogP contribution is 2.44. The number of allylic oxidation sites excluding steroid dienone is 3. The normalized spacial score (nSPS) is 15.7. The summed E-state index contributed by atoms with van der Waals surface area (Å²) < 4.78 is 56.3. The molecule has 0 atom stereocenters. The van der Waals surface area contributed by atoms with Crippen LogP contribution in [0.2, 0.25) is 0 Å². The number of anilines is 1. The van der Waals surface area contributed by atoms with Crippen LogP contribution < -0.4 is 11.1 Å². The van der Waals surface area contributed by atoms with Crippen molar-refractivity contribution < 1.29 is 27.2 Å². The quantitative estimate of drug-likeness (QED) is 0.232. The van der Waals surface area contributed by atoms with E-state index in [1.165, 1.54) is 28.4 Å². The predicted molar refractivity (Wildman–Crippen MR) is 161 cm³/mol. The summed E-state index contributed by atoms with van der Waals surface area (Å²) in [6, 6.07) is 7.68. The van der Waals surface area contributed by atoms with Gasteiger partial charge in [-0.25, -0.2) is 9.37 Å². The van der Waals surface area contributed by atoms with Gasteiger partial charge in [0.1, 0.15) is 12.0 Å². The number of carbonyl (C=O) groups excluding carboxylic acids is 2. The van der Waals surface area contributed by atoms with Crippen LogP contribution in [0.15, 0.2) is 60.3 Å². The standard InChI is InChI=1S/C32H30F4N4O2S/c1-18-19(2)30(43-27(18)15-39-29(41)12-4-20-3-11-28(37)38-14-20)25-10-9-23(13-26(25)32(34,35)36)21-5-7-22(8-6-21)31(42)40-16-24(33)17-40/h3-5,7,9-14,24H,6,8,15-17H2,1-2H3,(H2,37,38)(H,39,41)/b12-4+. The molecule has 11 heteroatoms. The number of thiophene rings is 1. The van der Waals surface area contributed by atoms with Gasteiger partial charge < -0.3 is 16.0 Å². The molecule has 0 unspecified atom stereocenters. The molecule has 1 aromatic carbocycles. The van der Waals surface area contributed by atoms with E-state index in [-0.39, 0.29) is 37.0 Å². The van der Waals surface area contributed by atoms with Gasteiger partial charge in [0.15, 0.2) is 0 Å². The number of alkyl halides is 4. The van der Waals surface area contributed by atoms with Gasteiger partial charge >= 0.3 is 6.18 Å². The monoisotopic (exact) mass is 610 g/mol. The molecule has 1 aliphatic carbocycles. The molecule has 5 rings (SSSR count). The molecule has 0 bridgehead atoms. The molecule has 0 radical (unpaired) electrons. The maximum atomic E-state index is 14.4. The lowest BCUT2D eigenvalue weighted by Gasteiger charge is -2.35. The summed E-state index contributed by atoms with van der Waals surface area (Å²) in [5.41, 5.74) is 8.82. The van der Waals surface area contributed by atoms with Crippen molar-refractivity contribution in [2.24, 2.45) is 0 Å². The van der Waals surface area contributed by atoms with Crippen LogP contribution >= 0.6 is 11.3 Å². The van der Waals surface area contributed by atoms with Gasteiger partial charge in [-0.1, -0.05) is 24.3 Å². The van der Waals surface area contributed by atoms with Crippen LogP contribution in [-0.4, -0.2) is 41.0 Å². The van der Waals surface area contributed by atoms with Crippen LogP contribution in [0.5, 0.6) is 0 Å². The number of nitrogen functional groups attached to an aromatic ring is 1. The summed E-state index contributed by atoms with van der Waals surface area (Å²) in [6.07, 6.45) is 3.00. The van der Waals surface area contributed by atoms with Gasteiger partial charge in [0.05, 0.1) is 25.2 Å². The summed E-state index contributed by atoms with van der Waals surface area (Å²) in [5, 5.41) is 2.80. The van der Waals surface area contributed by atoms with Crippen molar-refractivity contribution in [3.63, 3.8) is 0 Å². The minimum Gasteiger partial charge on any atom is -0.384 e. The smallest absolute Gasteiger partial charge is 0.384 e. The minimum atomic E-state index is -4.60. The maximum Gasteiger partial charge on any atom is 0.417 e. The molecule has 6 nitrogen and oxygen atoms in total. The molecule has 2 amide bonds. The molecule has 43 heavy (non-hydrogen) atoms. The van der Waals surface area contributed by atoms with Crippen LogP contribution in [0, 0.1) is 13.8 Å². The lowest BCUT2D eigenvalue weighted by Crippen LogP contribution is -2.52. The summed E-state index contributed by atoms with van der Waals surface area (Å²) >= 11 is 1.23. The topological polar surface area (TPSA) is 88.3 Å². The van der Waals surface area contributed by atoms with Gasteiger partial charge in [-0.15, -0.1) is 11.3 Å². The van der Waals surface area contributed by atoms with E-state index >= 15 is 0 Å².